The molecule has 7 heteroatoms. The van der Waals surface area contributed by atoms with Crippen LogP contribution in [0, 0.1) is 0 Å². The van der Waals surface area contributed by atoms with E-state index >= 15 is 0 Å². The molecule has 0 aliphatic carbocycles. The van der Waals surface area contributed by atoms with Crippen molar-refractivity contribution in [2.45, 2.75) is 6.54 Å². The van der Waals surface area contributed by atoms with Crippen LogP contribution in [0.15, 0.2) is 22.4 Å². The minimum atomic E-state index is -0.0769. The molecular weight excluding hydrogens is 269 g/mol. The van der Waals surface area contributed by atoms with Gasteiger partial charge in [0.05, 0.1) is 16.6 Å². The minimum Gasteiger partial charge on any atom is -0.363 e. The predicted octanol–water partition coefficient (Wildman–Crippen LogP) is 2.75. The highest BCUT2D eigenvalue weighted by atomic mass is 35.5. The quantitative estimate of drug-likeness (QED) is 0.906. The van der Waals surface area contributed by atoms with Gasteiger partial charge >= 0.3 is 4.87 Å². The van der Waals surface area contributed by atoms with Gasteiger partial charge in [0.1, 0.15) is 5.82 Å². The van der Waals surface area contributed by atoms with E-state index in [4.69, 9.17) is 23.2 Å². The summed E-state index contributed by atoms with van der Waals surface area (Å²) < 4.78 is 0. The number of aromatic amines is 1. The highest BCUT2D eigenvalue weighted by Gasteiger charge is 2.03. The molecule has 0 atom stereocenters. The van der Waals surface area contributed by atoms with E-state index in [-0.39, 0.29) is 4.87 Å². The fraction of sp³-hybridized carbons (Fsp3) is 0.111. The van der Waals surface area contributed by atoms with E-state index in [1.54, 1.807) is 11.4 Å². The van der Waals surface area contributed by atoms with Crippen LogP contribution in [0.3, 0.4) is 0 Å². The van der Waals surface area contributed by atoms with Gasteiger partial charge in [-0.2, -0.15) is 0 Å². The van der Waals surface area contributed by atoms with Crippen molar-refractivity contribution in [1.82, 2.24) is 9.97 Å². The number of hydrogen-bond acceptors (Lipinski definition) is 4. The van der Waals surface area contributed by atoms with Crippen molar-refractivity contribution >= 4 is 40.4 Å². The normalized spacial score (nSPS) is 10.4. The second-order valence-electron chi connectivity index (χ2n) is 3.01. The van der Waals surface area contributed by atoms with Crippen LogP contribution in [0.4, 0.5) is 5.82 Å². The number of H-pyrrole nitrogens is 1. The van der Waals surface area contributed by atoms with E-state index in [0.717, 1.165) is 17.0 Å². The maximum Gasteiger partial charge on any atom is 0.304 e. The lowest BCUT2D eigenvalue weighted by Gasteiger charge is -2.05. The summed E-state index contributed by atoms with van der Waals surface area (Å²) in [6.07, 6.45) is 1.51. The highest BCUT2D eigenvalue weighted by molar-refractivity contribution is 7.07. The monoisotopic (exact) mass is 275 g/mol. The van der Waals surface area contributed by atoms with Crippen LogP contribution in [0.5, 0.6) is 0 Å². The van der Waals surface area contributed by atoms with Gasteiger partial charge in [-0.15, -0.1) is 0 Å². The topological polar surface area (TPSA) is 57.8 Å². The third kappa shape index (κ3) is 2.75. The zero-order valence-corrected chi connectivity index (χ0v) is 10.3. The Hall–Kier alpha value is -1.04. The molecule has 2 rings (SSSR count). The Morgan fingerprint density at radius 3 is 2.94 bits per heavy atom. The highest BCUT2D eigenvalue weighted by Crippen LogP contribution is 2.22. The SMILES string of the molecule is O=c1[nH]c(CNc2ncc(Cl)cc2Cl)cs1. The van der Waals surface area contributed by atoms with Gasteiger partial charge in [0.2, 0.25) is 0 Å². The van der Waals surface area contributed by atoms with Crippen LogP contribution in [-0.4, -0.2) is 9.97 Å². The van der Waals surface area contributed by atoms with Crippen molar-refractivity contribution in [1.29, 1.82) is 0 Å². The Bertz CT molecular complexity index is 552. The summed E-state index contributed by atoms with van der Waals surface area (Å²) in [7, 11) is 0. The Morgan fingerprint density at radius 1 is 1.50 bits per heavy atom. The minimum absolute atomic E-state index is 0.0769. The number of hydrogen-bond donors (Lipinski definition) is 2. The first-order chi connectivity index (χ1) is 7.65. The molecule has 0 aliphatic rings. The molecule has 0 aromatic carbocycles. The zero-order valence-electron chi connectivity index (χ0n) is 7.96. The average molecular weight is 276 g/mol. The van der Waals surface area contributed by atoms with Gasteiger partial charge < -0.3 is 10.3 Å². The smallest absolute Gasteiger partial charge is 0.304 e. The molecule has 0 aliphatic heterocycles. The number of pyridine rings is 1. The van der Waals surface area contributed by atoms with Gasteiger partial charge in [-0.1, -0.05) is 34.5 Å². The van der Waals surface area contributed by atoms with E-state index in [0.29, 0.717) is 22.4 Å². The van der Waals surface area contributed by atoms with E-state index in [2.05, 4.69) is 15.3 Å². The van der Waals surface area contributed by atoms with E-state index in [9.17, 15) is 4.79 Å². The molecule has 0 saturated carbocycles. The number of nitrogens with one attached hydrogen (secondary N) is 2. The van der Waals surface area contributed by atoms with Crippen LogP contribution < -0.4 is 10.2 Å². The van der Waals surface area contributed by atoms with E-state index in [1.807, 2.05) is 0 Å². The van der Waals surface area contributed by atoms with Crippen molar-refractivity contribution in [2.75, 3.05) is 5.32 Å². The molecule has 2 heterocycles. The first-order valence-electron chi connectivity index (χ1n) is 4.37. The van der Waals surface area contributed by atoms with E-state index in [1.165, 1.54) is 6.20 Å². The number of aromatic nitrogens is 2. The molecular formula is C9H7Cl2N3OS. The molecule has 0 spiro atoms. The molecule has 84 valence electrons. The standard InChI is InChI=1S/C9H7Cl2N3OS/c10-5-1-7(11)8(12-2-5)13-3-6-4-16-9(15)14-6/h1-2,4H,3H2,(H,12,13)(H,14,15). The van der Waals surface area contributed by atoms with Crippen LogP contribution in [0.1, 0.15) is 5.69 Å². The Kier molecular flexibility index (Phi) is 3.48. The zero-order chi connectivity index (χ0) is 11.5. The van der Waals surface area contributed by atoms with Crippen molar-refractivity contribution in [3.05, 3.63) is 43.0 Å². The summed E-state index contributed by atoms with van der Waals surface area (Å²) in [5, 5.41) is 5.69. The summed E-state index contributed by atoms with van der Waals surface area (Å²) in [6, 6.07) is 1.61. The van der Waals surface area contributed by atoms with Gasteiger partial charge in [-0.3, -0.25) is 4.79 Å². The Labute approximate surface area is 105 Å². The molecule has 4 nitrogen and oxygen atoms in total. The lowest BCUT2D eigenvalue weighted by atomic mass is 10.4. The molecule has 0 saturated heterocycles. The first kappa shape index (κ1) is 11.4. The van der Waals surface area contributed by atoms with Gasteiger partial charge in [-0.05, 0) is 6.07 Å². The molecule has 0 fully saturated rings. The second-order valence-corrected chi connectivity index (χ2v) is 4.70. The predicted molar refractivity (Wildman–Crippen MR) is 66.5 cm³/mol. The number of anilines is 1. The molecule has 0 unspecified atom stereocenters. The van der Waals surface area contributed by atoms with Crippen molar-refractivity contribution < 1.29 is 0 Å². The second kappa shape index (κ2) is 4.86. The number of rotatable bonds is 3. The summed E-state index contributed by atoms with van der Waals surface area (Å²) >= 11 is 12.8. The maximum atomic E-state index is 10.9. The van der Waals surface area contributed by atoms with E-state index < -0.39 is 0 Å². The molecule has 0 amide bonds. The number of halogens is 2. The van der Waals surface area contributed by atoms with Gasteiger partial charge in [-0.25, -0.2) is 4.98 Å². The Morgan fingerprint density at radius 2 is 2.31 bits per heavy atom. The van der Waals surface area contributed by atoms with Crippen molar-refractivity contribution in [2.24, 2.45) is 0 Å². The summed E-state index contributed by atoms with van der Waals surface area (Å²) in [4.78, 5) is 17.5. The maximum absolute atomic E-state index is 10.9. The fourth-order valence-electron chi connectivity index (χ4n) is 1.12. The molecule has 2 aromatic rings. The summed E-state index contributed by atoms with van der Waals surface area (Å²) in [5.41, 5.74) is 0.794. The lowest BCUT2D eigenvalue weighted by Crippen LogP contribution is -2.04. The lowest BCUT2D eigenvalue weighted by molar-refractivity contribution is 1.04. The average Bonchev–Trinajstić information content (AvgIpc) is 2.63. The first-order valence-corrected chi connectivity index (χ1v) is 6.00. The van der Waals surface area contributed by atoms with Crippen LogP contribution in [0.25, 0.3) is 0 Å². The van der Waals surface area contributed by atoms with Crippen LogP contribution >= 0.6 is 34.5 Å². The molecule has 16 heavy (non-hydrogen) atoms. The molecule has 0 radical (unpaired) electrons. The molecule has 2 N–H and O–H groups in total. The van der Waals surface area contributed by atoms with Crippen molar-refractivity contribution in [3.63, 3.8) is 0 Å². The molecule has 0 bridgehead atoms. The van der Waals surface area contributed by atoms with Crippen LogP contribution in [0.2, 0.25) is 10.0 Å². The van der Waals surface area contributed by atoms with Gasteiger partial charge in [0.25, 0.3) is 0 Å². The van der Waals surface area contributed by atoms with Gasteiger partial charge in [0, 0.05) is 17.3 Å². The number of thiazole rings is 1. The summed E-state index contributed by atoms with van der Waals surface area (Å²) in [5.74, 6) is 0.540. The fourth-order valence-corrected chi connectivity index (χ4v) is 2.15. The third-order valence-corrected chi connectivity index (χ3v) is 3.04. The summed E-state index contributed by atoms with van der Waals surface area (Å²) in [6.45, 7) is 0.465. The van der Waals surface area contributed by atoms with Crippen molar-refractivity contribution in [3.8, 4) is 0 Å². The van der Waals surface area contributed by atoms with Crippen LogP contribution in [-0.2, 0) is 6.54 Å². The molecule has 2 aromatic heterocycles. The largest absolute Gasteiger partial charge is 0.363 e. The third-order valence-electron chi connectivity index (χ3n) is 1.82. The van der Waals surface area contributed by atoms with Gasteiger partial charge in [0.15, 0.2) is 0 Å². The number of nitrogens with zero attached hydrogens (tertiary/aromatic N) is 1. The Balaban J connectivity index is 2.07.